The number of amides is 1. The smallest absolute Gasteiger partial charge is 0.270 e. The Kier molecular flexibility index (Phi) is 6.90. The number of benzene rings is 2. The minimum Gasteiger partial charge on any atom is -0.483 e. The van der Waals surface area contributed by atoms with Crippen molar-refractivity contribution in [1.29, 1.82) is 0 Å². The van der Waals surface area contributed by atoms with Crippen LogP contribution in [0.2, 0.25) is 0 Å². The van der Waals surface area contributed by atoms with Crippen molar-refractivity contribution in [2.45, 2.75) is 46.3 Å². The Morgan fingerprint density at radius 1 is 1.13 bits per heavy atom. The van der Waals surface area contributed by atoms with Crippen molar-refractivity contribution in [2.75, 3.05) is 19.7 Å². The number of nitro groups is 1. The molecule has 8 heteroatoms. The summed E-state index contributed by atoms with van der Waals surface area (Å²) in [6.07, 6.45) is 0. The molecule has 166 valence electrons. The third-order valence-electron chi connectivity index (χ3n) is 5.73. The Hall–Kier alpha value is -3.00. The molecule has 3 rings (SSSR count). The van der Waals surface area contributed by atoms with Gasteiger partial charge in [0.2, 0.25) is 0 Å². The van der Waals surface area contributed by atoms with Crippen LogP contribution in [0.25, 0.3) is 0 Å². The Bertz CT molecular complexity index is 941. The molecule has 7 nitrogen and oxygen atoms in total. The molecule has 0 N–H and O–H groups in total. The maximum atomic E-state index is 13.1. The third kappa shape index (κ3) is 5.38. The molecule has 1 fully saturated rings. The SMILES string of the molecule is Cc1cc([N+](=O)[O-])cc(C)c1OCC(=O)N1C[C@@H](C)N(Cc2ccc(F)cc2)C[C@@H]1C. The second-order valence-corrected chi connectivity index (χ2v) is 8.25. The zero-order valence-electron chi connectivity index (χ0n) is 18.3. The van der Waals surface area contributed by atoms with E-state index >= 15 is 0 Å². The molecule has 0 bridgehead atoms. The molecule has 1 saturated heterocycles. The average Bonchev–Trinajstić information content (AvgIpc) is 2.71. The predicted molar refractivity (Wildman–Crippen MR) is 116 cm³/mol. The van der Waals surface area contributed by atoms with Crippen molar-refractivity contribution < 1.29 is 18.8 Å². The first-order valence-corrected chi connectivity index (χ1v) is 10.3. The highest BCUT2D eigenvalue weighted by Gasteiger charge is 2.32. The summed E-state index contributed by atoms with van der Waals surface area (Å²) in [5.41, 5.74) is 2.30. The lowest BCUT2D eigenvalue weighted by Gasteiger charge is -2.44. The Balaban J connectivity index is 1.60. The standard InChI is InChI=1S/C23H28FN3O4/c1-15-9-21(27(29)30)10-16(2)23(15)31-14-22(28)26-12-17(3)25(11-18(26)4)13-19-5-7-20(24)8-6-19/h5-10,17-18H,11-14H2,1-4H3/t17-,18+/m1/s1. The lowest BCUT2D eigenvalue weighted by atomic mass is 10.1. The van der Waals surface area contributed by atoms with Crippen LogP contribution in [-0.4, -0.2) is 52.4 Å². The van der Waals surface area contributed by atoms with E-state index in [1.165, 1.54) is 24.3 Å². The van der Waals surface area contributed by atoms with Gasteiger partial charge in [-0.3, -0.25) is 19.8 Å². The maximum Gasteiger partial charge on any atom is 0.270 e. The number of carbonyl (C=O) groups is 1. The fourth-order valence-electron chi connectivity index (χ4n) is 4.07. The summed E-state index contributed by atoms with van der Waals surface area (Å²) in [5, 5.41) is 11.0. The van der Waals surface area contributed by atoms with Crippen molar-refractivity contribution >= 4 is 11.6 Å². The highest BCUT2D eigenvalue weighted by molar-refractivity contribution is 5.78. The Morgan fingerprint density at radius 3 is 2.32 bits per heavy atom. The summed E-state index contributed by atoms with van der Waals surface area (Å²) in [6.45, 7) is 9.41. The number of ether oxygens (including phenoxy) is 1. The molecule has 2 aromatic carbocycles. The summed E-state index contributed by atoms with van der Waals surface area (Å²) < 4.78 is 18.9. The quantitative estimate of drug-likeness (QED) is 0.515. The van der Waals surface area contributed by atoms with Crippen molar-refractivity contribution in [3.8, 4) is 5.75 Å². The number of rotatable bonds is 6. The van der Waals surface area contributed by atoms with E-state index in [4.69, 9.17) is 4.74 Å². The monoisotopic (exact) mass is 429 g/mol. The molecule has 31 heavy (non-hydrogen) atoms. The number of hydrogen-bond acceptors (Lipinski definition) is 5. The molecular weight excluding hydrogens is 401 g/mol. The maximum absolute atomic E-state index is 13.1. The van der Waals surface area contributed by atoms with E-state index in [2.05, 4.69) is 11.8 Å². The van der Waals surface area contributed by atoms with Gasteiger partial charge in [0.15, 0.2) is 6.61 Å². The van der Waals surface area contributed by atoms with Crippen LogP contribution in [0.4, 0.5) is 10.1 Å². The number of hydrogen-bond donors (Lipinski definition) is 0. The highest BCUT2D eigenvalue weighted by Crippen LogP contribution is 2.28. The predicted octanol–water partition coefficient (Wildman–Crippen LogP) is 3.85. The van der Waals surface area contributed by atoms with E-state index < -0.39 is 4.92 Å². The number of aryl methyl sites for hydroxylation is 2. The van der Waals surface area contributed by atoms with Gasteiger partial charge in [-0.25, -0.2) is 4.39 Å². The van der Waals surface area contributed by atoms with Crippen LogP contribution in [0.15, 0.2) is 36.4 Å². The second kappa shape index (κ2) is 9.43. The first-order chi connectivity index (χ1) is 14.7. The lowest BCUT2D eigenvalue weighted by molar-refractivity contribution is -0.385. The molecular formula is C23H28FN3O4. The van der Waals surface area contributed by atoms with Crippen molar-refractivity contribution in [2.24, 2.45) is 0 Å². The first kappa shape index (κ1) is 22.7. The number of nitrogens with zero attached hydrogens (tertiary/aromatic N) is 3. The zero-order valence-corrected chi connectivity index (χ0v) is 18.3. The van der Waals surface area contributed by atoms with Gasteiger partial charge < -0.3 is 9.64 Å². The van der Waals surface area contributed by atoms with E-state index in [-0.39, 0.29) is 36.1 Å². The van der Waals surface area contributed by atoms with E-state index in [9.17, 15) is 19.3 Å². The molecule has 1 amide bonds. The van der Waals surface area contributed by atoms with Crippen LogP contribution in [0.1, 0.15) is 30.5 Å². The molecule has 2 aromatic rings. The Labute approximate surface area is 181 Å². The molecule has 0 spiro atoms. The van der Waals surface area contributed by atoms with Gasteiger partial charge in [-0.1, -0.05) is 12.1 Å². The van der Waals surface area contributed by atoms with Gasteiger partial charge in [-0.2, -0.15) is 0 Å². The number of carbonyl (C=O) groups excluding carboxylic acids is 1. The molecule has 1 aliphatic heterocycles. The van der Waals surface area contributed by atoms with Crippen molar-refractivity contribution in [1.82, 2.24) is 9.80 Å². The summed E-state index contributed by atoms with van der Waals surface area (Å²) in [7, 11) is 0. The van der Waals surface area contributed by atoms with Gasteiger partial charge in [-0.15, -0.1) is 0 Å². The van der Waals surface area contributed by atoms with E-state index in [1.54, 1.807) is 26.0 Å². The van der Waals surface area contributed by atoms with Gasteiger partial charge in [-0.05, 0) is 56.5 Å². The van der Waals surface area contributed by atoms with E-state index in [0.29, 0.717) is 36.5 Å². The van der Waals surface area contributed by atoms with Crippen LogP contribution >= 0.6 is 0 Å². The van der Waals surface area contributed by atoms with Crippen LogP contribution in [-0.2, 0) is 11.3 Å². The molecule has 1 heterocycles. The van der Waals surface area contributed by atoms with Crippen LogP contribution in [0.3, 0.4) is 0 Å². The normalized spacial score (nSPS) is 19.3. The van der Waals surface area contributed by atoms with Gasteiger partial charge in [0.1, 0.15) is 11.6 Å². The highest BCUT2D eigenvalue weighted by atomic mass is 19.1. The summed E-state index contributed by atoms with van der Waals surface area (Å²) in [4.78, 5) is 27.5. The molecule has 1 aliphatic rings. The fourth-order valence-corrected chi connectivity index (χ4v) is 4.07. The molecule has 0 saturated carbocycles. The minimum atomic E-state index is -0.441. The molecule has 0 unspecified atom stereocenters. The van der Waals surface area contributed by atoms with Crippen LogP contribution < -0.4 is 4.74 Å². The van der Waals surface area contributed by atoms with Gasteiger partial charge in [0, 0.05) is 43.9 Å². The lowest BCUT2D eigenvalue weighted by Crippen LogP contribution is -2.58. The number of nitro benzene ring substituents is 1. The molecule has 0 aliphatic carbocycles. The average molecular weight is 429 g/mol. The topological polar surface area (TPSA) is 75.9 Å². The number of non-ortho nitro benzene ring substituents is 1. The first-order valence-electron chi connectivity index (χ1n) is 10.3. The zero-order chi connectivity index (χ0) is 22.7. The molecule has 0 radical (unpaired) electrons. The van der Waals surface area contributed by atoms with Gasteiger partial charge in [0.05, 0.1) is 4.92 Å². The summed E-state index contributed by atoms with van der Waals surface area (Å²) in [5.74, 6) is 0.145. The third-order valence-corrected chi connectivity index (χ3v) is 5.73. The van der Waals surface area contributed by atoms with E-state index in [0.717, 1.165) is 5.56 Å². The van der Waals surface area contributed by atoms with Crippen molar-refractivity contribution in [3.63, 3.8) is 0 Å². The van der Waals surface area contributed by atoms with Crippen LogP contribution in [0.5, 0.6) is 5.75 Å². The number of halogens is 1. The fraction of sp³-hybridized carbons (Fsp3) is 0.435. The van der Waals surface area contributed by atoms with Crippen LogP contribution in [0, 0.1) is 29.8 Å². The summed E-state index contributed by atoms with van der Waals surface area (Å²) >= 11 is 0. The molecule has 2 atom stereocenters. The summed E-state index contributed by atoms with van der Waals surface area (Å²) in [6, 6.07) is 9.54. The van der Waals surface area contributed by atoms with Gasteiger partial charge in [0.25, 0.3) is 11.6 Å². The second-order valence-electron chi connectivity index (χ2n) is 8.25. The largest absolute Gasteiger partial charge is 0.483 e. The Morgan fingerprint density at radius 2 is 1.74 bits per heavy atom. The molecule has 0 aromatic heterocycles. The minimum absolute atomic E-state index is 0.00630. The number of piperazine rings is 1. The van der Waals surface area contributed by atoms with Crippen molar-refractivity contribution in [3.05, 3.63) is 69.0 Å². The van der Waals surface area contributed by atoms with E-state index in [1.807, 2.05) is 11.8 Å². The van der Waals surface area contributed by atoms with Gasteiger partial charge >= 0.3 is 0 Å².